The van der Waals surface area contributed by atoms with E-state index >= 15 is 0 Å². The maximum atomic E-state index is 5.85. The lowest BCUT2D eigenvalue weighted by molar-refractivity contribution is 0.583. The van der Waals surface area contributed by atoms with Crippen molar-refractivity contribution in [1.29, 1.82) is 0 Å². The van der Waals surface area contributed by atoms with Crippen molar-refractivity contribution in [2.75, 3.05) is 0 Å². The average Bonchev–Trinajstić information content (AvgIpc) is 2.39. The summed E-state index contributed by atoms with van der Waals surface area (Å²) in [5, 5.41) is 0.850. The lowest BCUT2D eigenvalue weighted by atomic mass is 10.3. The van der Waals surface area contributed by atoms with E-state index < -0.39 is 0 Å². The molecule has 1 N–H and O–H groups in total. The van der Waals surface area contributed by atoms with Gasteiger partial charge in [0.15, 0.2) is 5.58 Å². The Morgan fingerprint density at radius 1 is 1.33 bits per heavy atom. The summed E-state index contributed by atoms with van der Waals surface area (Å²) in [6.07, 6.45) is 0. The topological polar surface area (TPSA) is 28.9 Å². The monoisotopic (exact) mass is 219 g/mol. The van der Waals surface area contributed by atoms with Crippen LogP contribution in [-0.2, 0) is 0 Å². The molecule has 0 aliphatic carbocycles. The number of fused-ring (bicyclic) bond motifs is 1. The number of hydrogen-bond acceptors (Lipinski definition) is 2. The minimum atomic E-state index is 0.300. The van der Waals surface area contributed by atoms with E-state index in [4.69, 9.17) is 39.8 Å². The number of benzene rings is 1. The van der Waals surface area contributed by atoms with Gasteiger partial charge in [0.2, 0.25) is 0 Å². The number of oxazole rings is 1. The molecule has 2 nitrogen and oxygen atoms in total. The Balaban J connectivity index is 2.99. The molecule has 1 aromatic carbocycles. The number of halogens is 2. The van der Waals surface area contributed by atoms with Gasteiger partial charge in [0.25, 0.3) is 4.84 Å². The van der Waals surface area contributed by atoms with Crippen molar-refractivity contribution in [3.05, 3.63) is 27.0 Å². The first kappa shape index (κ1) is 8.10. The van der Waals surface area contributed by atoms with Crippen molar-refractivity contribution in [1.82, 2.24) is 4.98 Å². The van der Waals surface area contributed by atoms with Crippen LogP contribution in [0.5, 0.6) is 0 Å². The second-order valence-corrected chi connectivity index (χ2v) is 3.41. The second-order valence-electron chi connectivity index (χ2n) is 2.25. The molecule has 0 aliphatic heterocycles. The SMILES string of the molecule is S=c1[nH]c2ccc(Cl)c(Cl)c2o1. The van der Waals surface area contributed by atoms with E-state index in [1.165, 1.54) is 0 Å². The molecule has 0 amide bonds. The number of rotatable bonds is 0. The molecule has 2 aromatic rings. The van der Waals surface area contributed by atoms with E-state index in [1.54, 1.807) is 12.1 Å². The van der Waals surface area contributed by atoms with Crippen LogP contribution >= 0.6 is 35.4 Å². The van der Waals surface area contributed by atoms with E-state index in [9.17, 15) is 0 Å². The first-order chi connectivity index (χ1) is 5.68. The molecule has 0 atom stereocenters. The molecule has 0 spiro atoms. The Morgan fingerprint density at radius 2 is 2.08 bits per heavy atom. The standard InChI is InChI=1S/C7H3Cl2NOS/c8-3-1-2-4-6(5(3)9)11-7(12)10-4/h1-2H,(H,10,12). The van der Waals surface area contributed by atoms with Crippen LogP contribution in [0.25, 0.3) is 11.1 Å². The van der Waals surface area contributed by atoms with Crippen LogP contribution in [-0.4, -0.2) is 4.98 Å². The van der Waals surface area contributed by atoms with Crippen molar-refractivity contribution in [2.24, 2.45) is 0 Å². The molecule has 0 aliphatic rings. The maximum Gasteiger partial charge on any atom is 0.266 e. The smallest absolute Gasteiger partial charge is 0.266 e. The van der Waals surface area contributed by atoms with Gasteiger partial charge in [0, 0.05) is 0 Å². The summed E-state index contributed by atoms with van der Waals surface area (Å²) in [5.41, 5.74) is 1.27. The highest BCUT2D eigenvalue weighted by Gasteiger charge is 2.06. The minimum absolute atomic E-state index is 0.300. The van der Waals surface area contributed by atoms with Gasteiger partial charge >= 0.3 is 0 Å². The summed E-state index contributed by atoms with van der Waals surface area (Å²) in [5.74, 6) is 0. The summed E-state index contributed by atoms with van der Waals surface area (Å²) in [7, 11) is 0. The predicted octanol–water partition coefficient (Wildman–Crippen LogP) is 3.80. The normalized spacial score (nSPS) is 10.8. The molecular weight excluding hydrogens is 217 g/mol. The Hall–Kier alpha value is -0.510. The first-order valence-corrected chi connectivity index (χ1v) is 4.32. The van der Waals surface area contributed by atoms with E-state index in [2.05, 4.69) is 4.98 Å². The van der Waals surface area contributed by atoms with Crippen LogP contribution in [0.1, 0.15) is 0 Å². The van der Waals surface area contributed by atoms with Crippen LogP contribution in [0, 0.1) is 4.84 Å². The van der Waals surface area contributed by atoms with E-state index in [1.807, 2.05) is 0 Å². The van der Waals surface area contributed by atoms with Gasteiger partial charge in [-0.3, -0.25) is 0 Å². The van der Waals surface area contributed by atoms with Gasteiger partial charge in [-0.05, 0) is 24.4 Å². The molecule has 0 fully saturated rings. The van der Waals surface area contributed by atoms with Gasteiger partial charge in [-0.1, -0.05) is 23.2 Å². The van der Waals surface area contributed by atoms with Crippen LogP contribution in [0.4, 0.5) is 0 Å². The Labute approximate surface area is 83.1 Å². The fourth-order valence-corrected chi connectivity index (χ4v) is 1.50. The number of nitrogens with one attached hydrogen (secondary N) is 1. The zero-order valence-corrected chi connectivity index (χ0v) is 8.06. The Kier molecular flexibility index (Phi) is 1.87. The molecule has 1 aromatic heterocycles. The molecule has 0 radical (unpaired) electrons. The summed E-state index contributed by atoms with van der Waals surface area (Å²) < 4.78 is 5.12. The van der Waals surface area contributed by atoms with Crippen LogP contribution in [0.2, 0.25) is 10.0 Å². The van der Waals surface area contributed by atoms with E-state index in [-0.39, 0.29) is 0 Å². The molecule has 0 saturated carbocycles. The lowest BCUT2D eigenvalue weighted by Gasteiger charge is -1.92. The molecule has 12 heavy (non-hydrogen) atoms. The largest absolute Gasteiger partial charge is 0.428 e. The highest BCUT2D eigenvalue weighted by molar-refractivity contribution is 7.71. The number of aromatic nitrogens is 1. The van der Waals surface area contributed by atoms with Gasteiger partial charge in [-0.2, -0.15) is 0 Å². The maximum absolute atomic E-state index is 5.85. The summed E-state index contributed by atoms with van der Waals surface area (Å²) in [4.78, 5) is 3.13. The molecule has 0 saturated heterocycles. The third-order valence-electron chi connectivity index (χ3n) is 1.48. The number of aromatic amines is 1. The van der Waals surface area contributed by atoms with Crippen LogP contribution in [0.15, 0.2) is 16.5 Å². The van der Waals surface area contributed by atoms with Crippen molar-refractivity contribution in [3.63, 3.8) is 0 Å². The zero-order valence-electron chi connectivity index (χ0n) is 5.73. The predicted molar refractivity (Wildman–Crippen MR) is 51.4 cm³/mol. The fraction of sp³-hybridized carbons (Fsp3) is 0. The quantitative estimate of drug-likeness (QED) is 0.684. The van der Waals surface area contributed by atoms with Gasteiger partial charge in [-0.25, -0.2) is 0 Å². The van der Waals surface area contributed by atoms with Gasteiger partial charge in [0.1, 0.15) is 5.02 Å². The first-order valence-electron chi connectivity index (χ1n) is 3.15. The van der Waals surface area contributed by atoms with Crippen molar-refractivity contribution >= 4 is 46.5 Å². The van der Waals surface area contributed by atoms with E-state index in [0.29, 0.717) is 20.5 Å². The number of H-pyrrole nitrogens is 1. The molecule has 1 heterocycles. The fourth-order valence-electron chi connectivity index (χ4n) is 0.958. The molecule has 62 valence electrons. The summed E-state index contributed by atoms with van der Waals surface area (Å²) in [6, 6.07) is 3.45. The van der Waals surface area contributed by atoms with Gasteiger partial charge in [-0.15, -0.1) is 0 Å². The van der Waals surface area contributed by atoms with Crippen molar-refractivity contribution in [2.45, 2.75) is 0 Å². The molecule has 5 heteroatoms. The average molecular weight is 220 g/mol. The second kappa shape index (κ2) is 2.76. The summed E-state index contributed by atoms with van der Waals surface area (Å²) in [6.45, 7) is 0. The van der Waals surface area contributed by atoms with E-state index in [0.717, 1.165) is 5.52 Å². The Bertz CT molecular complexity index is 488. The third kappa shape index (κ3) is 1.14. The lowest BCUT2D eigenvalue weighted by Crippen LogP contribution is -1.70. The van der Waals surface area contributed by atoms with Gasteiger partial charge in [0.05, 0.1) is 10.5 Å². The van der Waals surface area contributed by atoms with Crippen molar-refractivity contribution in [3.8, 4) is 0 Å². The highest BCUT2D eigenvalue weighted by Crippen LogP contribution is 2.30. The zero-order chi connectivity index (χ0) is 8.72. The van der Waals surface area contributed by atoms with Crippen LogP contribution in [0.3, 0.4) is 0 Å². The van der Waals surface area contributed by atoms with Crippen molar-refractivity contribution < 1.29 is 4.42 Å². The highest BCUT2D eigenvalue weighted by atomic mass is 35.5. The van der Waals surface area contributed by atoms with Gasteiger partial charge < -0.3 is 9.40 Å². The molecule has 0 unspecified atom stereocenters. The van der Waals surface area contributed by atoms with Crippen LogP contribution < -0.4 is 0 Å². The molecular formula is C7H3Cl2NOS. The number of hydrogen-bond donors (Lipinski definition) is 1. The Morgan fingerprint density at radius 3 is 2.83 bits per heavy atom. The summed E-state index contributed by atoms with van der Waals surface area (Å²) >= 11 is 16.4. The molecule has 0 bridgehead atoms. The minimum Gasteiger partial charge on any atom is -0.428 e. The third-order valence-corrected chi connectivity index (χ3v) is 2.45. The molecule has 2 rings (SSSR count).